The Morgan fingerprint density at radius 2 is 1.72 bits per heavy atom. The number of fused-ring (bicyclic) bond motifs is 3. The lowest BCUT2D eigenvalue weighted by Crippen LogP contribution is -2.32. The predicted octanol–water partition coefficient (Wildman–Crippen LogP) is 4.92. The van der Waals surface area contributed by atoms with Gasteiger partial charge in [0.05, 0.1) is 27.4 Å². The van der Waals surface area contributed by atoms with Gasteiger partial charge in [0.2, 0.25) is 5.75 Å². The number of hydrogen-bond acceptors (Lipinski definition) is 5. The van der Waals surface area contributed by atoms with Crippen molar-refractivity contribution in [2.24, 2.45) is 0 Å². The maximum atomic E-state index is 6.59. The van der Waals surface area contributed by atoms with Crippen LogP contribution in [0.5, 0.6) is 17.2 Å². The molecule has 2 heterocycles. The Bertz CT molecular complexity index is 729. The summed E-state index contributed by atoms with van der Waals surface area (Å²) in [6.45, 7) is 0. The fourth-order valence-electron chi connectivity index (χ4n) is 4.17. The molecule has 0 saturated heterocycles. The van der Waals surface area contributed by atoms with Gasteiger partial charge in [0.25, 0.3) is 0 Å². The highest BCUT2D eigenvalue weighted by atomic mass is 32.1. The van der Waals surface area contributed by atoms with Gasteiger partial charge in [0.15, 0.2) is 11.5 Å². The summed E-state index contributed by atoms with van der Waals surface area (Å²) in [6, 6.07) is 6.23. The Hall–Kier alpha value is -1.72. The number of methoxy groups -OCH3 is 3. The molecular weight excluding hydrogens is 336 g/mol. The third-order valence-corrected chi connectivity index (χ3v) is 6.41. The summed E-state index contributed by atoms with van der Waals surface area (Å²) in [6.07, 6.45) is 5.17. The summed E-state index contributed by atoms with van der Waals surface area (Å²) in [5.41, 5.74) is 2.35. The molecule has 1 aliphatic heterocycles. The Morgan fingerprint density at radius 3 is 2.40 bits per heavy atom. The van der Waals surface area contributed by atoms with Gasteiger partial charge in [-0.1, -0.05) is 12.8 Å². The highest BCUT2D eigenvalue weighted by Crippen LogP contribution is 2.50. The average Bonchev–Trinajstić information content (AvgIpc) is 3.16. The second-order valence-corrected chi connectivity index (χ2v) is 7.59. The van der Waals surface area contributed by atoms with Gasteiger partial charge in [-0.15, -0.1) is 11.3 Å². The summed E-state index contributed by atoms with van der Waals surface area (Å²) in [7, 11) is 4.92. The molecule has 4 nitrogen and oxygen atoms in total. The summed E-state index contributed by atoms with van der Waals surface area (Å²) < 4.78 is 23.1. The van der Waals surface area contributed by atoms with Crippen molar-refractivity contribution in [2.75, 3.05) is 21.3 Å². The van der Waals surface area contributed by atoms with Crippen LogP contribution in [0.2, 0.25) is 0 Å². The summed E-state index contributed by atoms with van der Waals surface area (Å²) >= 11 is 1.87. The van der Waals surface area contributed by atoms with Gasteiger partial charge in [-0.2, -0.15) is 0 Å². The van der Waals surface area contributed by atoms with Crippen LogP contribution in [0.4, 0.5) is 0 Å². The van der Waals surface area contributed by atoms with E-state index in [2.05, 4.69) is 11.4 Å². The molecule has 1 aromatic carbocycles. The van der Waals surface area contributed by atoms with E-state index in [1.165, 1.54) is 29.7 Å². The number of benzene rings is 1. The van der Waals surface area contributed by atoms with Crippen LogP contribution in [0.25, 0.3) is 0 Å². The first-order valence-electron chi connectivity index (χ1n) is 8.79. The molecule has 0 unspecified atom stereocenters. The Morgan fingerprint density at radius 1 is 1.00 bits per heavy atom. The van der Waals surface area contributed by atoms with E-state index in [1.807, 2.05) is 23.5 Å². The Balaban J connectivity index is 1.79. The molecule has 1 fully saturated rings. The van der Waals surface area contributed by atoms with Crippen molar-refractivity contribution in [3.8, 4) is 17.2 Å². The molecule has 0 spiro atoms. The van der Waals surface area contributed by atoms with Crippen LogP contribution in [-0.4, -0.2) is 27.4 Å². The molecular formula is C20H24O4S. The molecule has 2 aliphatic rings. The number of thiophene rings is 1. The van der Waals surface area contributed by atoms with Crippen LogP contribution in [-0.2, 0) is 4.74 Å². The molecule has 5 heteroatoms. The lowest BCUT2D eigenvalue weighted by Gasteiger charge is -2.39. The van der Waals surface area contributed by atoms with Crippen LogP contribution in [0.3, 0.4) is 0 Å². The molecule has 0 bridgehead atoms. The van der Waals surface area contributed by atoms with Crippen LogP contribution in [0.1, 0.15) is 53.7 Å². The molecule has 0 amide bonds. The zero-order chi connectivity index (χ0) is 17.4. The standard InChI is InChI=1S/C20H24O4S/c1-21-16-10-12(11-17(22-2)19(16)23-3)18-14-8-9-25-20(14)13-6-4-5-7-15(13)24-18/h8-11,13,15,18H,4-7H2,1-3H3/t13-,15+,18+/m1/s1. The highest BCUT2D eigenvalue weighted by molar-refractivity contribution is 7.10. The summed E-state index contributed by atoms with van der Waals surface area (Å²) in [5, 5.41) is 2.19. The maximum Gasteiger partial charge on any atom is 0.203 e. The molecule has 2 aromatic rings. The minimum absolute atomic E-state index is 0.0747. The lowest BCUT2D eigenvalue weighted by atomic mass is 9.80. The van der Waals surface area contributed by atoms with Crippen molar-refractivity contribution in [2.45, 2.75) is 43.8 Å². The zero-order valence-electron chi connectivity index (χ0n) is 14.9. The monoisotopic (exact) mass is 360 g/mol. The van der Waals surface area contributed by atoms with Gasteiger partial charge in [-0.05, 0) is 47.5 Å². The van der Waals surface area contributed by atoms with Gasteiger partial charge in [0.1, 0.15) is 6.10 Å². The molecule has 25 heavy (non-hydrogen) atoms. The molecule has 0 radical (unpaired) electrons. The molecule has 134 valence electrons. The molecule has 4 rings (SSSR count). The van der Waals surface area contributed by atoms with Crippen molar-refractivity contribution >= 4 is 11.3 Å². The van der Waals surface area contributed by atoms with Crippen molar-refractivity contribution in [3.63, 3.8) is 0 Å². The number of ether oxygens (including phenoxy) is 4. The molecule has 1 aliphatic carbocycles. The van der Waals surface area contributed by atoms with E-state index in [1.54, 1.807) is 21.3 Å². The third-order valence-electron chi connectivity index (χ3n) is 5.35. The van der Waals surface area contributed by atoms with E-state index in [9.17, 15) is 0 Å². The van der Waals surface area contributed by atoms with E-state index < -0.39 is 0 Å². The quantitative estimate of drug-likeness (QED) is 0.775. The summed E-state index contributed by atoms with van der Waals surface area (Å²) in [4.78, 5) is 1.50. The predicted molar refractivity (Wildman–Crippen MR) is 98.3 cm³/mol. The van der Waals surface area contributed by atoms with E-state index in [0.29, 0.717) is 29.3 Å². The van der Waals surface area contributed by atoms with E-state index >= 15 is 0 Å². The van der Waals surface area contributed by atoms with Crippen molar-refractivity contribution in [3.05, 3.63) is 39.6 Å². The normalized spacial score (nSPS) is 25.0. The summed E-state index contributed by atoms with van der Waals surface area (Å²) in [5.74, 6) is 2.51. The minimum atomic E-state index is -0.0747. The fraction of sp³-hybridized carbons (Fsp3) is 0.500. The minimum Gasteiger partial charge on any atom is -0.493 e. The van der Waals surface area contributed by atoms with Crippen LogP contribution >= 0.6 is 11.3 Å². The topological polar surface area (TPSA) is 36.9 Å². The van der Waals surface area contributed by atoms with Crippen LogP contribution in [0.15, 0.2) is 23.6 Å². The molecule has 0 N–H and O–H groups in total. The van der Waals surface area contributed by atoms with Gasteiger partial charge in [-0.3, -0.25) is 0 Å². The zero-order valence-corrected chi connectivity index (χ0v) is 15.7. The van der Waals surface area contributed by atoms with Gasteiger partial charge < -0.3 is 18.9 Å². The van der Waals surface area contributed by atoms with Gasteiger partial charge in [-0.25, -0.2) is 0 Å². The number of rotatable bonds is 4. The molecule has 1 aromatic heterocycles. The van der Waals surface area contributed by atoms with Crippen LogP contribution in [0, 0.1) is 0 Å². The van der Waals surface area contributed by atoms with E-state index in [-0.39, 0.29) is 6.10 Å². The van der Waals surface area contributed by atoms with Crippen LogP contribution < -0.4 is 14.2 Å². The molecule has 1 saturated carbocycles. The lowest BCUT2D eigenvalue weighted by molar-refractivity contribution is -0.0375. The van der Waals surface area contributed by atoms with E-state index in [0.717, 1.165) is 12.0 Å². The average molecular weight is 360 g/mol. The molecule has 3 atom stereocenters. The first-order valence-corrected chi connectivity index (χ1v) is 9.67. The SMILES string of the molecule is COc1cc([C@@H]2O[C@H]3CCCC[C@H]3c3sccc32)cc(OC)c1OC. The van der Waals surface area contributed by atoms with Gasteiger partial charge in [0, 0.05) is 10.8 Å². The number of hydrogen-bond donors (Lipinski definition) is 0. The van der Waals surface area contributed by atoms with Crippen molar-refractivity contribution < 1.29 is 18.9 Å². The third kappa shape index (κ3) is 2.79. The fourth-order valence-corrected chi connectivity index (χ4v) is 5.28. The Kier molecular flexibility index (Phi) is 4.61. The first kappa shape index (κ1) is 16.7. The van der Waals surface area contributed by atoms with E-state index in [4.69, 9.17) is 18.9 Å². The maximum absolute atomic E-state index is 6.59. The largest absolute Gasteiger partial charge is 0.493 e. The van der Waals surface area contributed by atoms with Crippen molar-refractivity contribution in [1.82, 2.24) is 0 Å². The second kappa shape index (κ2) is 6.89. The smallest absolute Gasteiger partial charge is 0.203 e. The highest BCUT2D eigenvalue weighted by Gasteiger charge is 2.39. The van der Waals surface area contributed by atoms with Gasteiger partial charge >= 0.3 is 0 Å². The second-order valence-electron chi connectivity index (χ2n) is 6.64. The van der Waals surface area contributed by atoms with Crippen molar-refractivity contribution in [1.29, 1.82) is 0 Å². The Labute approximate surface area is 152 Å². The first-order chi connectivity index (χ1) is 12.3.